The normalized spacial score (nSPS) is 17.5. The first-order valence-electron chi connectivity index (χ1n) is 8.51. The van der Waals surface area contributed by atoms with Crippen molar-refractivity contribution in [2.45, 2.75) is 38.6 Å². The van der Waals surface area contributed by atoms with E-state index in [1.165, 1.54) is 28.0 Å². The molecule has 1 atom stereocenters. The quantitative estimate of drug-likeness (QED) is 0.860. The van der Waals surface area contributed by atoms with Crippen molar-refractivity contribution in [1.82, 2.24) is 9.80 Å². The number of nitrogens with zero attached hydrogens (tertiary/aromatic N) is 2. The molecule has 0 aromatic heterocycles. The summed E-state index contributed by atoms with van der Waals surface area (Å²) in [6.07, 6.45) is -5.17. The molecule has 9 heteroatoms. The Morgan fingerprint density at radius 2 is 1.63 bits per heavy atom. The van der Waals surface area contributed by atoms with E-state index in [1.807, 2.05) is 0 Å². The van der Waals surface area contributed by atoms with Crippen molar-refractivity contribution in [3.63, 3.8) is 0 Å². The number of rotatable bonds is 3. The van der Waals surface area contributed by atoms with Crippen LogP contribution in [0.5, 0.6) is 0 Å². The van der Waals surface area contributed by atoms with Crippen LogP contribution >= 0.6 is 0 Å². The molecule has 1 N–H and O–H groups in total. The maximum atomic E-state index is 13.3. The maximum Gasteiger partial charge on any atom is 0.416 e. The van der Waals surface area contributed by atoms with E-state index in [0.717, 1.165) is 6.07 Å². The Morgan fingerprint density at radius 1 is 1.07 bits per heavy atom. The number of ether oxygens (including phenoxy) is 1. The molecule has 0 spiro atoms. The van der Waals surface area contributed by atoms with Crippen molar-refractivity contribution in [2.24, 2.45) is 0 Å². The second kappa shape index (κ2) is 7.75. The van der Waals surface area contributed by atoms with Gasteiger partial charge in [-0.05, 0) is 32.4 Å². The number of aliphatic carboxylic acids is 1. The molecule has 150 valence electrons. The molecular formula is C18H23F3N2O4. The zero-order chi connectivity index (χ0) is 20.4. The Labute approximate surface area is 155 Å². The minimum atomic E-state index is -4.65. The summed E-state index contributed by atoms with van der Waals surface area (Å²) < 4.78 is 45.1. The molecule has 1 aromatic carbocycles. The molecule has 0 saturated carbocycles. The van der Waals surface area contributed by atoms with Crippen LogP contribution in [-0.4, -0.2) is 58.7 Å². The van der Waals surface area contributed by atoms with E-state index in [2.05, 4.69) is 0 Å². The Bertz CT molecular complexity index is 693. The molecule has 1 aliphatic rings. The predicted octanol–water partition coefficient (Wildman–Crippen LogP) is 3.38. The van der Waals surface area contributed by atoms with Crippen molar-refractivity contribution in [1.29, 1.82) is 0 Å². The lowest BCUT2D eigenvalue weighted by molar-refractivity contribution is -0.146. The van der Waals surface area contributed by atoms with Crippen LogP contribution in [0.25, 0.3) is 0 Å². The molecule has 1 heterocycles. The zero-order valence-corrected chi connectivity index (χ0v) is 15.4. The Hall–Kier alpha value is -2.29. The van der Waals surface area contributed by atoms with E-state index in [4.69, 9.17) is 4.74 Å². The number of piperazine rings is 1. The van der Waals surface area contributed by atoms with Gasteiger partial charge in [0.25, 0.3) is 0 Å². The molecule has 0 radical (unpaired) electrons. The maximum absolute atomic E-state index is 13.3. The number of halogens is 3. The van der Waals surface area contributed by atoms with E-state index < -0.39 is 35.4 Å². The molecular weight excluding hydrogens is 365 g/mol. The highest BCUT2D eigenvalue weighted by atomic mass is 19.4. The first kappa shape index (κ1) is 21.0. The van der Waals surface area contributed by atoms with Crippen LogP contribution < -0.4 is 0 Å². The van der Waals surface area contributed by atoms with Crippen LogP contribution in [0.2, 0.25) is 0 Å². The minimum absolute atomic E-state index is 0.127. The summed E-state index contributed by atoms with van der Waals surface area (Å²) in [6.45, 7) is 5.80. The number of carboxylic acid groups (broad SMARTS) is 1. The first-order valence-corrected chi connectivity index (χ1v) is 8.51. The fourth-order valence-corrected chi connectivity index (χ4v) is 2.97. The molecule has 1 saturated heterocycles. The number of hydrogen-bond acceptors (Lipinski definition) is 4. The summed E-state index contributed by atoms with van der Waals surface area (Å²) in [4.78, 5) is 26.7. The lowest BCUT2D eigenvalue weighted by atomic mass is 9.98. The standard InChI is InChI=1S/C18H23F3N2O4/c1-17(2,3)27-16(26)23-10-8-22(9-11-23)14(15(24)25)12-6-4-5-7-13(12)18(19,20)21/h4-7,14H,8-11H2,1-3H3,(H,24,25). The van der Waals surface area contributed by atoms with Gasteiger partial charge in [-0.2, -0.15) is 13.2 Å². The molecule has 1 aliphatic heterocycles. The van der Waals surface area contributed by atoms with Crippen molar-refractivity contribution in [3.8, 4) is 0 Å². The zero-order valence-electron chi connectivity index (χ0n) is 15.4. The molecule has 0 bridgehead atoms. The summed E-state index contributed by atoms with van der Waals surface area (Å²) in [5.74, 6) is -1.36. The Balaban J connectivity index is 2.18. The summed E-state index contributed by atoms with van der Waals surface area (Å²) in [5.41, 5.74) is -1.93. The molecule has 2 rings (SSSR count). The van der Waals surface area contributed by atoms with Gasteiger partial charge in [-0.1, -0.05) is 18.2 Å². The lowest BCUT2D eigenvalue weighted by Crippen LogP contribution is -2.52. The van der Waals surface area contributed by atoms with Crippen molar-refractivity contribution in [3.05, 3.63) is 35.4 Å². The molecule has 0 aliphatic carbocycles. The van der Waals surface area contributed by atoms with Gasteiger partial charge in [-0.15, -0.1) is 0 Å². The van der Waals surface area contributed by atoms with Gasteiger partial charge in [0.1, 0.15) is 11.6 Å². The highest BCUT2D eigenvalue weighted by Crippen LogP contribution is 2.36. The van der Waals surface area contributed by atoms with Crippen molar-refractivity contribution in [2.75, 3.05) is 26.2 Å². The number of carboxylic acids is 1. The van der Waals surface area contributed by atoms with E-state index >= 15 is 0 Å². The van der Waals surface area contributed by atoms with E-state index in [0.29, 0.717) is 0 Å². The molecule has 27 heavy (non-hydrogen) atoms. The Morgan fingerprint density at radius 3 is 2.11 bits per heavy atom. The van der Waals surface area contributed by atoms with E-state index in [-0.39, 0.29) is 31.7 Å². The van der Waals surface area contributed by atoms with Crippen molar-refractivity contribution < 1.29 is 32.6 Å². The van der Waals surface area contributed by atoms with Crippen LogP contribution in [0.1, 0.15) is 37.9 Å². The van der Waals surface area contributed by atoms with Crippen LogP contribution in [0.3, 0.4) is 0 Å². The molecule has 1 amide bonds. The van der Waals surface area contributed by atoms with Crippen LogP contribution in [-0.2, 0) is 15.7 Å². The van der Waals surface area contributed by atoms with Crippen LogP contribution in [0.4, 0.5) is 18.0 Å². The van der Waals surface area contributed by atoms with Gasteiger partial charge < -0.3 is 14.7 Å². The Kier molecular flexibility index (Phi) is 6.04. The molecule has 1 aromatic rings. The number of hydrogen-bond donors (Lipinski definition) is 1. The van der Waals surface area contributed by atoms with E-state index in [9.17, 15) is 27.9 Å². The SMILES string of the molecule is CC(C)(C)OC(=O)N1CCN(C(C(=O)O)c2ccccc2C(F)(F)F)CC1. The van der Waals surface area contributed by atoms with Gasteiger partial charge in [-0.3, -0.25) is 9.69 Å². The van der Waals surface area contributed by atoms with Gasteiger partial charge in [0.05, 0.1) is 5.56 Å². The lowest BCUT2D eigenvalue weighted by Gasteiger charge is -2.38. The second-order valence-electron chi connectivity index (χ2n) is 7.33. The van der Waals surface area contributed by atoms with Crippen LogP contribution in [0, 0.1) is 0 Å². The number of amides is 1. The summed E-state index contributed by atoms with van der Waals surface area (Å²) in [6, 6.07) is 3.23. The van der Waals surface area contributed by atoms with Crippen molar-refractivity contribution >= 4 is 12.1 Å². The molecule has 6 nitrogen and oxygen atoms in total. The third-order valence-electron chi connectivity index (χ3n) is 4.13. The fourth-order valence-electron chi connectivity index (χ4n) is 2.97. The van der Waals surface area contributed by atoms with E-state index in [1.54, 1.807) is 20.8 Å². The molecule has 1 fully saturated rings. The molecule has 1 unspecified atom stereocenters. The average Bonchev–Trinajstić information content (AvgIpc) is 2.53. The summed E-state index contributed by atoms with van der Waals surface area (Å²) >= 11 is 0. The van der Waals surface area contributed by atoms with Gasteiger partial charge >= 0.3 is 18.2 Å². The smallest absolute Gasteiger partial charge is 0.416 e. The third kappa shape index (κ3) is 5.35. The number of benzene rings is 1. The topological polar surface area (TPSA) is 70.1 Å². The average molecular weight is 388 g/mol. The van der Waals surface area contributed by atoms with Gasteiger partial charge in [-0.25, -0.2) is 4.79 Å². The summed E-state index contributed by atoms with van der Waals surface area (Å²) in [7, 11) is 0. The van der Waals surface area contributed by atoms with Gasteiger partial charge in [0, 0.05) is 26.2 Å². The highest BCUT2D eigenvalue weighted by molar-refractivity contribution is 5.76. The van der Waals surface area contributed by atoms with Gasteiger partial charge in [0.2, 0.25) is 0 Å². The summed E-state index contributed by atoms with van der Waals surface area (Å²) in [5, 5.41) is 9.58. The predicted molar refractivity (Wildman–Crippen MR) is 91.2 cm³/mol. The van der Waals surface area contributed by atoms with Gasteiger partial charge in [0.15, 0.2) is 0 Å². The number of alkyl halides is 3. The largest absolute Gasteiger partial charge is 0.480 e. The number of carbonyl (C=O) groups is 2. The minimum Gasteiger partial charge on any atom is -0.480 e. The monoisotopic (exact) mass is 388 g/mol. The fraction of sp³-hybridized carbons (Fsp3) is 0.556. The third-order valence-corrected chi connectivity index (χ3v) is 4.13. The number of carbonyl (C=O) groups excluding carboxylic acids is 1. The second-order valence-corrected chi connectivity index (χ2v) is 7.33. The highest BCUT2D eigenvalue weighted by Gasteiger charge is 2.40. The first-order chi connectivity index (χ1) is 12.4. The van der Waals surface area contributed by atoms with Crippen LogP contribution in [0.15, 0.2) is 24.3 Å².